The lowest BCUT2D eigenvalue weighted by molar-refractivity contribution is 0.238. The number of benzene rings is 1. The molecule has 0 aliphatic carbocycles. The number of rotatable bonds is 3. The van der Waals surface area contributed by atoms with E-state index in [0.717, 1.165) is 35.7 Å². The van der Waals surface area contributed by atoms with Crippen LogP contribution in [0.15, 0.2) is 36.7 Å². The first-order valence-corrected chi connectivity index (χ1v) is 10.1. The summed E-state index contributed by atoms with van der Waals surface area (Å²) >= 11 is 0. The van der Waals surface area contributed by atoms with Crippen LogP contribution >= 0.6 is 0 Å². The summed E-state index contributed by atoms with van der Waals surface area (Å²) in [6.07, 6.45) is 7.67. The minimum absolute atomic E-state index is 0.460. The second-order valence-corrected chi connectivity index (χ2v) is 8.32. The van der Waals surface area contributed by atoms with Crippen molar-refractivity contribution in [3.05, 3.63) is 36.7 Å². The van der Waals surface area contributed by atoms with E-state index in [1.807, 2.05) is 6.20 Å². The average molecular weight is 374 g/mol. The maximum atomic E-state index is 4.82. The van der Waals surface area contributed by atoms with Crippen LogP contribution in [0.2, 0.25) is 0 Å². The standard InChI is InChI=1S/C22H26N6/c1-4-22(2)9-11-28(12-10-22)18-13-23-20-19(25-26-21(20)24-18)16-14-27(3)17-8-6-5-7-15(16)17/h5-8,13-14H,4,9-12H2,1-3H3,(H,24,25,26). The normalized spacial score (nSPS) is 16.9. The fraction of sp³-hybridized carbons (Fsp3) is 0.409. The zero-order chi connectivity index (χ0) is 19.3. The third-order valence-electron chi connectivity index (χ3n) is 6.57. The summed E-state index contributed by atoms with van der Waals surface area (Å²) in [6, 6.07) is 8.39. The maximum Gasteiger partial charge on any atom is 0.202 e. The Morgan fingerprint density at radius 1 is 1.18 bits per heavy atom. The zero-order valence-electron chi connectivity index (χ0n) is 16.7. The van der Waals surface area contributed by atoms with Gasteiger partial charge >= 0.3 is 0 Å². The maximum absolute atomic E-state index is 4.82. The van der Waals surface area contributed by atoms with Crippen molar-refractivity contribution in [3.63, 3.8) is 0 Å². The molecule has 0 atom stereocenters. The number of H-pyrrole nitrogens is 1. The molecule has 6 nitrogen and oxygen atoms in total. The lowest BCUT2D eigenvalue weighted by Gasteiger charge is -2.39. The van der Waals surface area contributed by atoms with Gasteiger partial charge in [0.05, 0.1) is 11.9 Å². The van der Waals surface area contributed by atoms with E-state index in [1.165, 1.54) is 30.2 Å². The van der Waals surface area contributed by atoms with Gasteiger partial charge in [0.2, 0.25) is 5.65 Å². The van der Waals surface area contributed by atoms with Crippen molar-refractivity contribution in [2.45, 2.75) is 33.1 Å². The molecule has 1 aliphatic heterocycles. The monoisotopic (exact) mass is 374 g/mol. The average Bonchev–Trinajstić information content (AvgIpc) is 3.29. The molecule has 0 amide bonds. The van der Waals surface area contributed by atoms with E-state index in [-0.39, 0.29) is 0 Å². The number of anilines is 1. The number of nitrogens with one attached hydrogen (secondary N) is 1. The van der Waals surface area contributed by atoms with Gasteiger partial charge < -0.3 is 9.47 Å². The molecule has 4 aromatic rings. The summed E-state index contributed by atoms with van der Waals surface area (Å²) < 4.78 is 2.14. The number of para-hydroxylation sites is 1. The van der Waals surface area contributed by atoms with Crippen molar-refractivity contribution < 1.29 is 0 Å². The highest BCUT2D eigenvalue weighted by molar-refractivity contribution is 6.01. The minimum Gasteiger partial charge on any atom is -0.355 e. The van der Waals surface area contributed by atoms with Gasteiger partial charge in [-0.3, -0.25) is 5.10 Å². The molecule has 4 heterocycles. The van der Waals surface area contributed by atoms with Crippen LogP contribution in [-0.4, -0.2) is 37.8 Å². The molecular formula is C22H26N6. The predicted octanol–water partition coefficient (Wildman–Crippen LogP) is 4.53. The summed E-state index contributed by atoms with van der Waals surface area (Å²) in [5, 5.41) is 8.85. The summed E-state index contributed by atoms with van der Waals surface area (Å²) in [4.78, 5) is 11.9. The van der Waals surface area contributed by atoms with Crippen molar-refractivity contribution in [1.29, 1.82) is 0 Å². The van der Waals surface area contributed by atoms with Crippen LogP contribution in [0.25, 0.3) is 33.3 Å². The first-order chi connectivity index (χ1) is 13.6. The second kappa shape index (κ2) is 6.33. The van der Waals surface area contributed by atoms with Crippen molar-refractivity contribution >= 4 is 27.9 Å². The highest BCUT2D eigenvalue weighted by Crippen LogP contribution is 2.36. The number of aryl methyl sites for hydroxylation is 1. The number of nitrogens with zero attached hydrogens (tertiary/aromatic N) is 5. The molecule has 1 fully saturated rings. The van der Waals surface area contributed by atoms with Crippen LogP contribution in [0, 0.1) is 5.41 Å². The summed E-state index contributed by atoms with van der Waals surface area (Å²) in [6.45, 7) is 6.75. The Bertz CT molecular complexity index is 1150. The fourth-order valence-electron chi connectivity index (χ4n) is 4.30. The van der Waals surface area contributed by atoms with E-state index in [2.05, 4.69) is 71.0 Å². The molecule has 3 aromatic heterocycles. The van der Waals surface area contributed by atoms with Gasteiger partial charge in [-0.05, 0) is 24.3 Å². The summed E-state index contributed by atoms with van der Waals surface area (Å²) in [5.74, 6) is 0.932. The molecule has 5 rings (SSSR count). The summed E-state index contributed by atoms with van der Waals surface area (Å²) in [7, 11) is 2.06. The molecule has 1 aliphatic rings. The number of hydrogen-bond donors (Lipinski definition) is 1. The molecule has 0 radical (unpaired) electrons. The topological polar surface area (TPSA) is 62.6 Å². The first kappa shape index (κ1) is 17.2. The molecule has 6 heteroatoms. The van der Waals surface area contributed by atoms with E-state index in [4.69, 9.17) is 9.97 Å². The van der Waals surface area contributed by atoms with Gasteiger partial charge in [0.15, 0.2) is 0 Å². The van der Waals surface area contributed by atoms with Gasteiger partial charge in [-0.1, -0.05) is 38.5 Å². The lowest BCUT2D eigenvalue weighted by Crippen LogP contribution is -2.38. The number of fused-ring (bicyclic) bond motifs is 2. The zero-order valence-corrected chi connectivity index (χ0v) is 16.7. The van der Waals surface area contributed by atoms with Gasteiger partial charge in [-0.2, -0.15) is 5.10 Å². The van der Waals surface area contributed by atoms with Gasteiger partial charge in [0, 0.05) is 42.8 Å². The molecule has 0 bridgehead atoms. The molecular weight excluding hydrogens is 348 g/mol. The quantitative estimate of drug-likeness (QED) is 0.572. The van der Waals surface area contributed by atoms with E-state index < -0.39 is 0 Å². The van der Waals surface area contributed by atoms with Crippen LogP contribution in [0.5, 0.6) is 0 Å². The Hall–Kier alpha value is -2.89. The Labute approximate surface area is 164 Å². The minimum atomic E-state index is 0.460. The van der Waals surface area contributed by atoms with Crippen LogP contribution in [0.4, 0.5) is 5.82 Å². The highest BCUT2D eigenvalue weighted by atomic mass is 15.2. The van der Waals surface area contributed by atoms with Crippen LogP contribution in [-0.2, 0) is 7.05 Å². The molecule has 1 aromatic carbocycles. The third kappa shape index (κ3) is 2.66. The Kier molecular flexibility index (Phi) is 3.89. The molecule has 1 N–H and O–H groups in total. The molecule has 28 heavy (non-hydrogen) atoms. The second-order valence-electron chi connectivity index (χ2n) is 8.32. The lowest BCUT2D eigenvalue weighted by atomic mass is 9.78. The van der Waals surface area contributed by atoms with Gasteiger partial charge in [0.25, 0.3) is 0 Å². The first-order valence-electron chi connectivity index (χ1n) is 10.1. The van der Waals surface area contributed by atoms with Crippen molar-refractivity contribution in [2.24, 2.45) is 12.5 Å². The molecule has 0 saturated carbocycles. The SMILES string of the molecule is CCC1(C)CCN(c2cnc3c(-c4cn(C)c5ccccc45)[nH]nc3n2)CC1. The van der Waals surface area contributed by atoms with Crippen molar-refractivity contribution in [1.82, 2.24) is 24.7 Å². The van der Waals surface area contributed by atoms with Gasteiger partial charge in [0.1, 0.15) is 11.3 Å². The van der Waals surface area contributed by atoms with E-state index in [0.29, 0.717) is 11.1 Å². The largest absolute Gasteiger partial charge is 0.355 e. The molecule has 0 spiro atoms. The summed E-state index contributed by atoms with van der Waals surface area (Å²) in [5.41, 5.74) is 5.21. The Morgan fingerprint density at radius 2 is 1.96 bits per heavy atom. The van der Waals surface area contributed by atoms with E-state index in [9.17, 15) is 0 Å². The molecule has 144 valence electrons. The van der Waals surface area contributed by atoms with Crippen LogP contribution < -0.4 is 4.90 Å². The van der Waals surface area contributed by atoms with Gasteiger partial charge in [-0.15, -0.1) is 0 Å². The van der Waals surface area contributed by atoms with Crippen LogP contribution in [0.3, 0.4) is 0 Å². The van der Waals surface area contributed by atoms with E-state index in [1.54, 1.807) is 0 Å². The van der Waals surface area contributed by atoms with Gasteiger partial charge in [-0.25, -0.2) is 9.97 Å². The molecule has 0 unspecified atom stereocenters. The number of aromatic nitrogens is 5. The Balaban J connectivity index is 1.51. The van der Waals surface area contributed by atoms with Crippen molar-refractivity contribution in [2.75, 3.05) is 18.0 Å². The van der Waals surface area contributed by atoms with Crippen LogP contribution in [0.1, 0.15) is 33.1 Å². The third-order valence-corrected chi connectivity index (χ3v) is 6.57. The smallest absolute Gasteiger partial charge is 0.202 e. The molecule has 1 saturated heterocycles. The predicted molar refractivity (Wildman–Crippen MR) is 113 cm³/mol. The Morgan fingerprint density at radius 3 is 2.75 bits per heavy atom. The number of hydrogen-bond acceptors (Lipinski definition) is 4. The van der Waals surface area contributed by atoms with Crippen molar-refractivity contribution in [3.8, 4) is 11.3 Å². The number of aromatic amines is 1. The number of piperidine rings is 1. The highest BCUT2D eigenvalue weighted by Gasteiger charge is 2.29. The van der Waals surface area contributed by atoms with E-state index >= 15 is 0 Å². The fourth-order valence-corrected chi connectivity index (χ4v) is 4.30.